The number of amides is 2. The van der Waals surface area contributed by atoms with Crippen molar-refractivity contribution < 1.29 is 14.3 Å². The highest BCUT2D eigenvalue weighted by Crippen LogP contribution is 2.25. The average Bonchev–Trinajstić information content (AvgIpc) is 2.91. The van der Waals surface area contributed by atoms with Crippen molar-refractivity contribution in [1.29, 1.82) is 0 Å². The maximum Gasteiger partial charge on any atom is 0.243 e. The van der Waals surface area contributed by atoms with Gasteiger partial charge in [-0.15, -0.1) is 0 Å². The molecule has 2 amide bonds. The molecule has 0 fully saturated rings. The molecule has 5 nitrogen and oxygen atoms in total. The van der Waals surface area contributed by atoms with Crippen LogP contribution in [0.25, 0.3) is 0 Å². The Kier molecular flexibility index (Phi) is 11.8. The van der Waals surface area contributed by atoms with Gasteiger partial charge in [-0.2, -0.15) is 0 Å². The fourth-order valence-corrected chi connectivity index (χ4v) is 4.36. The van der Waals surface area contributed by atoms with Gasteiger partial charge in [0.25, 0.3) is 0 Å². The quantitative estimate of drug-likeness (QED) is 0.217. The molecule has 3 aromatic carbocycles. The number of carbonyl (C=O) groups is 2. The molecular formula is C30H33Cl3N2O3. The normalized spacial score (nSPS) is 12.4. The van der Waals surface area contributed by atoms with Gasteiger partial charge in [0.15, 0.2) is 0 Å². The number of carbonyl (C=O) groups excluding carboxylic acids is 2. The Morgan fingerprint density at radius 1 is 0.921 bits per heavy atom. The van der Waals surface area contributed by atoms with Crippen LogP contribution in [0, 0.1) is 0 Å². The molecule has 0 heterocycles. The second kappa shape index (κ2) is 15.0. The zero-order valence-corrected chi connectivity index (χ0v) is 23.9. The molecule has 202 valence electrons. The van der Waals surface area contributed by atoms with E-state index in [0.717, 1.165) is 17.5 Å². The van der Waals surface area contributed by atoms with Crippen LogP contribution >= 0.6 is 34.8 Å². The number of nitrogens with one attached hydrogen (secondary N) is 1. The summed E-state index contributed by atoms with van der Waals surface area (Å²) in [4.78, 5) is 28.8. The first kappa shape index (κ1) is 29.8. The summed E-state index contributed by atoms with van der Waals surface area (Å²) in [6, 6.07) is 21.3. The van der Waals surface area contributed by atoms with E-state index in [-0.39, 0.29) is 30.8 Å². The van der Waals surface area contributed by atoms with Crippen LogP contribution in [0.15, 0.2) is 72.8 Å². The zero-order valence-electron chi connectivity index (χ0n) is 21.6. The lowest BCUT2D eigenvalue weighted by Gasteiger charge is -2.32. The zero-order chi connectivity index (χ0) is 27.5. The van der Waals surface area contributed by atoms with Crippen molar-refractivity contribution in [3.8, 4) is 5.75 Å². The van der Waals surface area contributed by atoms with Gasteiger partial charge in [0.2, 0.25) is 11.8 Å². The second-order valence-electron chi connectivity index (χ2n) is 9.20. The smallest absolute Gasteiger partial charge is 0.243 e. The summed E-state index contributed by atoms with van der Waals surface area (Å²) in [5.41, 5.74) is 1.76. The van der Waals surface area contributed by atoms with Crippen LogP contribution in [0.2, 0.25) is 15.1 Å². The lowest BCUT2D eigenvalue weighted by molar-refractivity contribution is -0.141. The molecule has 0 saturated heterocycles. The molecule has 0 unspecified atom stereocenters. The lowest BCUT2D eigenvalue weighted by Crippen LogP contribution is -2.52. The number of hydrogen-bond donors (Lipinski definition) is 1. The van der Waals surface area contributed by atoms with E-state index >= 15 is 0 Å². The Morgan fingerprint density at radius 2 is 1.63 bits per heavy atom. The highest BCUT2D eigenvalue weighted by Gasteiger charge is 2.30. The van der Waals surface area contributed by atoms with Gasteiger partial charge in [-0.1, -0.05) is 78.1 Å². The van der Waals surface area contributed by atoms with Gasteiger partial charge in [0, 0.05) is 30.5 Å². The first-order valence-corrected chi connectivity index (χ1v) is 13.9. The number of halogens is 3. The van der Waals surface area contributed by atoms with E-state index in [1.807, 2.05) is 50.2 Å². The fraction of sp³-hybridized carbons (Fsp3) is 0.333. The SMILES string of the molecule is CC[C@H](C)NC(=O)[C@@H](Cc1ccccc1)N(Cc1ccc(Cl)c(Cl)c1)C(=O)CCCOc1ccc(Cl)cc1. The monoisotopic (exact) mass is 574 g/mol. The van der Waals surface area contributed by atoms with Crippen molar-refractivity contribution in [2.75, 3.05) is 6.61 Å². The van der Waals surface area contributed by atoms with Crippen LogP contribution < -0.4 is 10.1 Å². The lowest BCUT2D eigenvalue weighted by atomic mass is 10.0. The molecule has 0 spiro atoms. The first-order valence-electron chi connectivity index (χ1n) is 12.7. The third-order valence-electron chi connectivity index (χ3n) is 6.23. The second-order valence-corrected chi connectivity index (χ2v) is 10.5. The van der Waals surface area contributed by atoms with Gasteiger partial charge in [-0.25, -0.2) is 0 Å². The molecule has 2 atom stereocenters. The Balaban J connectivity index is 1.82. The third kappa shape index (κ3) is 9.23. The maximum atomic E-state index is 13.7. The summed E-state index contributed by atoms with van der Waals surface area (Å²) in [7, 11) is 0. The molecule has 38 heavy (non-hydrogen) atoms. The van der Waals surface area contributed by atoms with Gasteiger partial charge in [-0.3, -0.25) is 9.59 Å². The molecule has 0 aliphatic carbocycles. The summed E-state index contributed by atoms with van der Waals surface area (Å²) in [6.45, 7) is 4.54. The summed E-state index contributed by atoms with van der Waals surface area (Å²) in [5.74, 6) is 0.356. The summed E-state index contributed by atoms with van der Waals surface area (Å²) in [6.07, 6.45) is 1.88. The van der Waals surface area contributed by atoms with Crippen LogP contribution in [0.5, 0.6) is 5.75 Å². The topological polar surface area (TPSA) is 58.6 Å². The van der Waals surface area contributed by atoms with E-state index < -0.39 is 6.04 Å². The van der Waals surface area contributed by atoms with Crippen LogP contribution in [-0.4, -0.2) is 35.4 Å². The van der Waals surface area contributed by atoms with E-state index in [2.05, 4.69) is 5.32 Å². The van der Waals surface area contributed by atoms with Crippen molar-refractivity contribution in [3.05, 3.63) is 99.0 Å². The standard InChI is InChI=1S/C30H33Cl3N2O3/c1-3-21(2)34-30(37)28(19-22-8-5-4-6-9-22)35(20-23-11-16-26(32)27(33)18-23)29(36)10-7-17-38-25-14-12-24(31)13-15-25/h4-6,8-9,11-16,18,21,28H,3,7,10,17,19-20H2,1-2H3,(H,34,37)/t21-,28+/m0/s1. The van der Waals surface area contributed by atoms with Gasteiger partial charge in [0.1, 0.15) is 11.8 Å². The number of benzene rings is 3. The minimum atomic E-state index is -0.703. The van der Waals surface area contributed by atoms with Crippen molar-refractivity contribution in [2.45, 2.75) is 58.2 Å². The number of nitrogens with zero attached hydrogens (tertiary/aromatic N) is 1. The van der Waals surface area contributed by atoms with E-state index in [1.54, 1.807) is 41.3 Å². The van der Waals surface area contributed by atoms with Crippen LogP contribution in [0.1, 0.15) is 44.2 Å². The summed E-state index contributed by atoms with van der Waals surface area (Å²) < 4.78 is 5.77. The molecule has 0 radical (unpaired) electrons. The van der Waals surface area contributed by atoms with E-state index in [9.17, 15) is 9.59 Å². The van der Waals surface area contributed by atoms with Gasteiger partial charge >= 0.3 is 0 Å². The Bertz CT molecular complexity index is 1190. The highest BCUT2D eigenvalue weighted by atomic mass is 35.5. The van der Waals surface area contributed by atoms with Crippen molar-refractivity contribution >= 4 is 46.6 Å². The number of ether oxygens (including phenoxy) is 1. The van der Waals surface area contributed by atoms with Crippen LogP contribution in [0.4, 0.5) is 0 Å². The minimum Gasteiger partial charge on any atom is -0.494 e. The molecule has 0 aliphatic rings. The number of hydrogen-bond acceptors (Lipinski definition) is 3. The average molecular weight is 576 g/mol. The van der Waals surface area contributed by atoms with Gasteiger partial charge in [-0.05, 0) is 67.3 Å². The van der Waals surface area contributed by atoms with E-state index in [0.29, 0.717) is 40.3 Å². The van der Waals surface area contributed by atoms with Gasteiger partial charge in [0.05, 0.1) is 16.7 Å². The van der Waals surface area contributed by atoms with Gasteiger partial charge < -0.3 is 15.0 Å². The molecule has 3 aromatic rings. The number of rotatable bonds is 13. The predicted octanol–water partition coefficient (Wildman–Crippen LogP) is 7.36. The molecule has 3 rings (SSSR count). The van der Waals surface area contributed by atoms with Crippen LogP contribution in [0.3, 0.4) is 0 Å². The van der Waals surface area contributed by atoms with Crippen molar-refractivity contribution in [2.24, 2.45) is 0 Å². The Labute approximate surface area is 240 Å². The van der Waals surface area contributed by atoms with Crippen LogP contribution in [-0.2, 0) is 22.6 Å². The van der Waals surface area contributed by atoms with E-state index in [1.165, 1.54) is 0 Å². The molecule has 1 N–H and O–H groups in total. The molecule has 0 saturated carbocycles. The maximum absolute atomic E-state index is 13.7. The molecular weight excluding hydrogens is 543 g/mol. The third-order valence-corrected chi connectivity index (χ3v) is 7.22. The predicted molar refractivity (Wildman–Crippen MR) is 155 cm³/mol. The summed E-state index contributed by atoms with van der Waals surface area (Å²) >= 11 is 18.3. The summed E-state index contributed by atoms with van der Waals surface area (Å²) in [5, 5.41) is 4.53. The minimum absolute atomic E-state index is 0.0181. The largest absolute Gasteiger partial charge is 0.494 e. The molecule has 0 aromatic heterocycles. The highest BCUT2D eigenvalue weighted by molar-refractivity contribution is 6.42. The Hall–Kier alpha value is -2.73. The first-order chi connectivity index (χ1) is 18.3. The molecule has 0 aliphatic heterocycles. The fourth-order valence-electron chi connectivity index (χ4n) is 3.92. The molecule has 8 heteroatoms. The van der Waals surface area contributed by atoms with Crippen molar-refractivity contribution in [3.63, 3.8) is 0 Å². The van der Waals surface area contributed by atoms with Crippen molar-refractivity contribution in [1.82, 2.24) is 10.2 Å². The Morgan fingerprint density at radius 3 is 2.29 bits per heavy atom. The van der Waals surface area contributed by atoms with E-state index in [4.69, 9.17) is 39.5 Å². The molecule has 0 bridgehead atoms.